The molecule has 0 aliphatic heterocycles. The second-order valence-corrected chi connectivity index (χ2v) is 6.63. The molecule has 3 aromatic carbocycles. The van der Waals surface area contributed by atoms with Gasteiger partial charge in [-0.15, -0.1) is 0 Å². The molecule has 2 nitrogen and oxygen atoms in total. The maximum atomic E-state index is 14.3. The minimum Gasteiger partial charge on any atom is -0.495 e. The second-order valence-electron chi connectivity index (χ2n) is 5.85. The van der Waals surface area contributed by atoms with E-state index >= 15 is 0 Å². The Bertz CT molecular complexity index is 1020. The summed E-state index contributed by atoms with van der Waals surface area (Å²) in [7, 11) is 1.45. The van der Waals surface area contributed by atoms with Crippen LogP contribution in [0, 0.1) is 11.6 Å². The van der Waals surface area contributed by atoms with Crippen molar-refractivity contribution in [2.45, 2.75) is 6.42 Å². The number of hydrogen-bond donors (Lipinski definition) is 0. The molecule has 0 atom stereocenters. The average molecular weight is 407 g/mol. The molecule has 138 valence electrons. The van der Waals surface area contributed by atoms with E-state index in [2.05, 4.69) is 0 Å². The Morgan fingerprint density at radius 1 is 1.00 bits per heavy atom. The summed E-state index contributed by atoms with van der Waals surface area (Å²) in [6.45, 7) is 0. The number of benzene rings is 3. The first kappa shape index (κ1) is 19.3. The van der Waals surface area contributed by atoms with Crippen molar-refractivity contribution in [3.8, 4) is 16.9 Å². The summed E-state index contributed by atoms with van der Waals surface area (Å²) in [6.07, 6.45) is -0.196. The molecule has 0 spiro atoms. The highest BCUT2D eigenvalue weighted by molar-refractivity contribution is 6.37. The van der Waals surface area contributed by atoms with Crippen LogP contribution in [0.4, 0.5) is 8.78 Å². The summed E-state index contributed by atoms with van der Waals surface area (Å²) in [5.74, 6) is -1.21. The summed E-state index contributed by atoms with van der Waals surface area (Å²) in [6, 6.07) is 13.1. The van der Waals surface area contributed by atoms with Crippen LogP contribution in [0.5, 0.6) is 5.75 Å². The number of ketones is 1. The first-order valence-corrected chi connectivity index (χ1v) is 8.76. The molecule has 0 amide bonds. The fraction of sp³-hybridized carbons (Fsp3) is 0.0952. The fourth-order valence-electron chi connectivity index (χ4n) is 2.74. The van der Waals surface area contributed by atoms with Crippen molar-refractivity contribution in [2.24, 2.45) is 0 Å². The SMILES string of the molecule is COc1ccc(Cl)c(CC(=O)c2cc(-c3cccc(F)c3)ccc2F)c1Cl. The lowest BCUT2D eigenvalue weighted by molar-refractivity contribution is 0.0989. The Labute approximate surface area is 165 Å². The van der Waals surface area contributed by atoms with E-state index in [1.807, 2.05) is 0 Å². The maximum absolute atomic E-state index is 14.3. The Morgan fingerprint density at radius 2 is 1.74 bits per heavy atom. The summed E-state index contributed by atoms with van der Waals surface area (Å²) >= 11 is 12.4. The van der Waals surface area contributed by atoms with Gasteiger partial charge in [-0.1, -0.05) is 41.4 Å². The largest absolute Gasteiger partial charge is 0.495 e. The molecule has 0 radical (unpaired) electrons. The van der Waals surface area contributed by atoms with Gasteiger partial charge in [-0.05, 0) is 47.5 Å². The van der Waals surface area contributed by atoms with E-state index in [-0.39, 0.29) is 22.0 Å². The van der Waals surface area contributed by atoms with Crippen LogP contribution >= 0.6 is 23.2 Å². The lowest BCUT2D eigenvalue weighted by Gasteiger charge is -2.11. The molecular weight excluding hydrogens is 393 g/mol. The number of ether oxygens (including phenoxy) is 1. The molecule has 0 fully saturated rings. The van der Waals surface area contributed by atoms with Gasteiger partial charge in [0.25, 0.3) is 0 Å². The lowest BCUT2D eigenvalue weighted by Crippen LogP contribution is -2.08. The van der Waals surface area contributed by atoms with Crippen LogP contribution in [-0.2, 0) is 6.42 Å². The molecule has 0 unspecified atom stereocenters. The van der Waals surface area contributed by atoms with E-state index in [9.17, 15) is 13.6 Å². The predicted octanol–water partition coefficient (Wildman–Crippen LogP) is 6.37. The third-order valence-corrected chi connectivity index (χ3v) is 4.90. The van der Waals surface area contributed by atoms with Crippen molar-refractivity contribution in [2.75, 3.05) is 7.11 Å². The zero-order valence-corrected chi connectivity index (χ0v) is 15.7. The average Bonchev–Trinajstić information content (AvgIpc) is 2.65. The Balaban J connectivity index is 1.97. The monoisotopic (exact) mass is 406 g/mol. The number of hydrogen-bond acceptors (Lipinski definition) is 2. The van der Waals surface area contributed by atoms with E-state index in [4.69, 9.17) is 27.9 Å². The third-order valence-electron chi connectivity index (χ3n) is 4.13. The van der Waals surface area contributed by atoms with Crippen LogP contribution in [0.2, 0.25) is 10.0 Å². The molecule has 0 heterocycles. The highest BCUT2D eigenvalue weighted by atomic mass is 35.5. The van der Waals surface area contributed by atoms with Gasteiger partial charge in [-0.3, -0.25) is 4.79 Å². The van der Waals surface area contributed by atoms with Crippen molar-refractivity contribution in [1.29, 1.82) is 0 Å². The van der Waals surface area contributed by atoms with E-state index in [1.54, 1.807) is 24.3 Å². The predicted molar refractivity (Wildman–Crippen MR) is 103 cm³/mol. The molecule has 0 aromatic heterocycles. The smallest absolute Gasteiger partial charge is 0.170 e. The zero-order valence-electron chi connectivity index (χ0n) is 14.2. The number of methoxy groups -OCH3 is 1. The second kappa shape index (κ2) is 8.07. The molecule has 3 rings (SSSR count). The van der Waals surface area contributed by atoms with Gasteiger partial charge >= 0.3 is 0 Å². The van der Waals surface area contributed by atoms with Crippen LogP contribution in [0.15, 0.2) is 54.6 Å². The Kier molecular flexibility index (Phi) is 5.78. The summed E-state index contributed by atoms with van der Waals surface area (Å²) in [5, 5.41) is 0.496. The van der Waals surface area contributed by atoms with Crippen molar-refractivity contribution < 1.29 is 18.3 Å². The summed E-state index contributed by atoms with van der Waals surface area (Å²) in [4.78, 5) is 12.7. The molecule has 0 bridgehead atoms. The van der Waals surface area contributed by atoms with E-state index in [0.29, 0.717) is 22.4 Å². The number of Topliss-reactive ketones (excluding diaryl/α,β-unsaturated/α-hetero) is 1. The number of carbonyl (C=O) groups excluding carboxylic acids is 1. The van der Waals surface area contributed by atoms with E-state index in [1.165, 1.54) is 37.4 Å². The van der Waals surface area contributed by atoms with Gasteiger partial charge in [0, 0.05) is 17.0 Å². The molecule has 0 aliphatic carbocycles. The summed E-state index contributed by atoms with van der Waals surface area (Å²) < 4.78 is 32.9. The quantitative estimate of drug-likeness (QED) is 0.460. The molecular formula is C21H14Cl2F2O2. The first-order chi connectivity index (χ1) is 12.9. The molecule has 0 N–H and O–H groups in total. The highest BCUT2D eigenvalue weighted by Crippen LogP contribution is 2.34. The van der Waals surface area contributed by atoms with Gasteiger partial charge in [0.1, 0.15) is 17.4 Å². The van der Waals surface area contributed by atoms with Crippen LogP contribution < -0.4 is 4.74 Å². The zero-order chi connectivity index (χ0) is 19.6. The highest BCUT2D eigenvalue weighted by Gasteiger charge is 2.19. The third kappa shape index (κ3) is 4.12. The Hall–Kier alpha value is -2.43. The van der Waals surface area contributed by atoms with E-state index < -0.39 is 17.4 Å². The lowest BCUT2D eigenvalue weighted by atomic mass is 9.97. The molecule has 0 aliphatic rings. The van der Waals surface area contributed by atoms with Crippen LogP contribution in [0.1, 0.15) is 15.9 Å². The minimum atomic E-state index is -0.671. The number of rotatable bonds is 5. The molecule has 0 saturated heterocycles. The van der Waals surface area contributed by atoms with Crippen molar-refractivity contribution in [1.82, 2.24) is 0 Å². The van der Waals surface area contributed by atoms with Gasteiger partial charge in [-0.2, -0.15) is 0 Å². The van der Waals surface area contributed by atoms with Crippen molar-refractivity contribution in [3.05, 3.63) is 87.4 Å². The normalized spacial score (nSPS) is 10.7. The van der Waals surface area contributed by atoms with Gasteiger partial charge < -0.3 is 4.74 Å². The van der Waals surface area contributed by atoms with Crippen LogP contribution in [-0.4, -0.2) is 12.9 Å². The van der Waals surface area contributed by atoms with Gasteiger partial charge in [0.05, 0.1) is 17.7 Å². The minimum absolute atomic E-state index is 0.119. The molecule has 0 saturated carbocycles. The van der Waals surface area contributed by atoms with Crippen LogP contribution in [0.25, 0.3) is 11.1 Å². The summed E-state index contributed by atoms with van der Waals surface area (Å²) in [5.41, 5.74) is 1.31. The molecule has 27 heavy (non-hydrogen) atoms. The van der Waals surface area contributed by atoms with E-state index in [0.717, 1.165) is 0 Å². The first-order valence-electron chi connectivity index (χ1n) is 8.00. The van der Waals surface area contributed by atoms with Gasteiger partial charge in [0.15, 0.2) is 5.78 Å². The van der Waals surface area contributed by atoms with Crippen molar-refractivity contribution >= 4 is 29.0 Å². The van der Waals surface area contributed by atoms with Gasteiger partial charge in [0.2, 0.25) is 0 Å². The number of halogens is 4. The maximum Gasteiger partial charge on any atom is 0.170 e. The van der Waals surface area contributed by atoms with Crippen molar-refractivity contribution in [3.63, 3.8) is 0 Å². The molecule has 6 heteroatoms. The Morgan fingerprint density at radius 3 is 2.44 bits per heavy atom. The fourth-order valence-corrected chi connectivity index (χ4v) is 3.32. The number of carbonyl (C=O) groups is 1. The molecule has 3 aromatic rings. The standard InChI is InChI=1S/C21H14Cl2F2O2/c1-27-20-8-6-17(22)15(21(20)23)11-19(26)16-10-13(5-7-18(16)25)12-3-2-4-14(24)9-12/h2-10H,11H2,1H3. The topological polar surface area (TPSA) is 26.3 Å². The van der Waals surface area contributed by atoms with Gasteiger partial charge in [-0.25, -0.2) is 8.78 Å². The van der Waals surface area contributed by atoms with Crippen LogP contribution in [0.3, 0.4) is 0 Å².